The van der Waals surface area contributed by atoms with E-state index in [1.807, 2.05) is 6.07 Å². The first-order chi connectivity index (χ1) is 9.42. The van der Waals surface area contributed by atoms with Crippen LogP contribution in [0.25, 0.3) is 0 Å². The molecule has 0 saturated heterocycles. The SMILES string of the molecule is C1=CC(c2nc(CCCc3ccccc3)no2)NC1. The summed E-state index contributed by atoms with van der Waals surface area (Å²) in [6.07, 6.45) is 7.07. The Morgan fingerprint density at radius 2 is 2.11 bits per heavy atom. The molecular weight excluding hydrogens is 238 g/mol. The smallest absolute Gasteiger partial charge is 0.247 e. The minimum absolute atomic E-state index is 0.0929. The van der Waals surface area contributed by atoms with Crippen LogP contribution in [0.2, 0.25) is 0 Å². The number of benzene rings is 1. The van der Waals surface area contributed by atoms with Gasteiger partial charge in [-0.25, -0.2) is 0 Å². The number of nitrogens with one attached hydrogen (secondary N) is 1. The first-order valence-corrected chi connectivity index (χ1v) is 6.68. The van der Waals surface area contributed by atoms with Gasteiger partial charge in [0, 0.05) is 13.0 Å². The van der Waals surface area contributed by atoms with Crippen molar-refractivity contribution in [3.05, 3.63) is 59.8 Å². The monoisotopic (exact) mass is 255 g/mol. The van der Waals surface area contributed by atoms with Gasteiger partial charge in [0.25, 0.3) is 0 Å². The second kappa shape index (κ2) is 5.80. The molecule has 2 heterocycles. The van der Waals surface area contributed by atoms with Crippen LogP contribution in [0.5, 0.6) is 0 Å². The van der Waals surface area contributed by atoms with Crippen LogP contribution in [-0.2, 0) is 12.8 Å². The quantitative estimate of drug-likeness (QED) is 0.834. The van der Waals surface area contributed by atoms with Crippen molar-refractivity contribution >= 4 is 0 Å². The molecule has 1 unspecified atom stereocenters. The molecule has 0 bridgehead atoms. The van der Waals surface area contributed by atoms with Crippen LogP contribution in [0.15, 0.2) is 47.0 Å². The van der Waals surface area contributed by atoms with Crippen molar-refractivity contribution in [2.24, 2.45) is 0 Å². The van der Waals surface area contributed by atoms with Crippen LogP contribution in [0.3, 0.4) is 0 Å². The first-order valence-electron chi connectivity index (χ1n) is 6.68. The predicted octanol–water partition coefficient (Wildman–Crippen LogP) is 2.45. The van der Waals surface area contributed by atoms with Gasteiger partial charge in [-0.2, -0.15) is 4.98 Å². The zero-order valence-corrected chi connectivity index (χ0v) is 10.7. The summed E-state index contributed by atoms with van der Waals surface area (Å²) in [5.41, 5.74) is 1.35. The normalized spacial score (nSPS) is 18.0. The molecule has 0 fully saturated rings. The molecular formula is C15H17N3O. The highest BCUT2D eigenvalue weighted by Gasteiger charge is 2.17. The number of aromatic nitrogens is 2. The second-order valence-corrected chi connectivity index (χ2v) is 4.70. The summed E-state index contributed by atoms with van der Waals surface area (Å²) in [7, 11) is 0. The molecule has 1 atom stereocenters. The van der Waals surface area contributed by atoms with E-state index in [0.29, 0.717) is 5.89 Å². The van der Waals surface area contributed by atoms with Crippen molar-refractivity contribution in [1.29, 1.82) is 0 Å². The van der Waals surface area contributed by atoms with E-state index >= 15 is 0 Å². The van der Waals surface area contributed by atoms with E-state index < -0.39 is 0 Å². The summed E-state index contributed by atoms with van der Waals surface area (Å²) in [5, 5.41) is 7.29. The lowest BCUT2D eigenvalue weighted by Crippen LogP contribution is -2.14. The van der Waals surface area contributed by atoms with Gasteiger partial charge in [0.2, 0.25) is 5.89 Å². The summed E-state index contributed by atoms with van der Waals surface area (Å²) in [6.45, 7) is 0.871. The molecule has 4 heteroatoms. The van der Waals surface area contributed by atoms with Crippen LogP contribution in [0.1, 0.15) is 29.7 Å². The van der Waals surface area contributed by atoms with Gasteiger partial charge in [-0.1, -0.05) is 47.6 Å². The third-order valence-electron chi connectivity index (χ3n) is 3.24. The highest BCUT2D eigenvalue weighted by Crippen LogP contribution is 2.16. The zero-order valence-electron chi connectivity index (χ0n) is 10.7. The zero-order chi connectivity index (χ0) is 12.9. The maximum absolute atomic E-state index is 5.28. The fourth-order valence-electron chi connectivity index (χ4n) is 2.23. The molecule has 1 aliphatic heterocycles. The minimum Gasteiger partial charge on any atom is -0.337 e. The largest absolute Gasteiger partial charge is 0.337 e. The van der Waals surface area contributed by atoms with E-state index in [9.17, 15) is 0 Å². The van der Waals surface area contributed by atoms with Crippen LogP contribution >= 0.6 is 0 Å². The maximum Gasteiger partial charge on any atom is 0.247 e. The summed E-state index contributed by atoms with van der Waals surface area (Å²) in [4.78, 5) is 4.43. The summed E-state index contributed by atoms with van der Waals surface area (Å²) in [5.74, 6) is 1.47. The summed E-state index contributed by atoms with van der Waals surface area (Å²) >= 11 is 0. The Morgan fingerprint density at radius 3 is 2.89 bits per heavy atom. The van der Waals surface area contributed by atoms with Crippen molar-refractivity contribution in [3.8, 4) is 0 Å². The van der Waals surface area contributed by atoms with Gasteiger partial charge in [0.1, 0.15) is 6.04 Å². The summed E-state index contributed by atoms with van der Waals surface area (Å²) in [6, 6.07) is 10.6. The van der Waals surface area contributed by atoms with Gasteiger partial charge in [-0.15, -0.1) is 0 Å². The molecule has 19 heavy (non-hydrogen) atoms. The number of rotatable bonds is 5. The van der Waals surface area contributed by atoms with Gasteiger partial charge >= 0.3 is 0 Å². The van der Waals surface area contributed by atoms with Crippen LogP contribution in [-0.4, -0.2) is 16.7 Å². The summed E-state index contributed by atoms with van der Waals surface area (Å²) < 4.78 is 5.28. The molecule has 0 spiro atoms. The Hall–Kier alpha value is -1.94. The van der Waals surface area contributed by atoms with Crippen molar-refractivity contribution in [3.63, 3.8) is 0 Å². The number of nitrogens with zero attached hydrogens (tertiary/aromatic N) is 2. The average molecular weight is 255 g/mol. The molecule has 1 aromatic heterocycles. The Morgan fingerprint density at radius 1 is 1.21 bits per heavy atom. The van der Waals surface area contributed by atoms with Gasteiger partial charge in [-0.3, -0.25) is 5.32 Å². The predicted molar refractivity (Wildman–Crippen MR) is 72.6 cm³/mol. The third kappa shape index (κ3) is 3.09. The Kier molecular flexibility index (Phi) is 3.70. The Bertz CT molecular complexity index is 548. The fourth-order valence-corrected chi connectivity index (χ4v) is 2.23. The van der Waals surface area contributed by atoms with E-state index in [2.05, 4.69) is 51.9 Å². The molecule has 3 rings (SSSR count). The van der Waals surface area contributed by atoms with Crippen molar-refractivity contribution in [2.75, 3.05) is 6.54 Å². The lowest BCUT2D eigenvalue weighted by atomic mass is 10.1. The first kappa shape index (κ1) is 12.1. The number of hydrogen-bond acceptors (Lipinski definition) is 4. The Labute approximate surface area is 112 Å². The highest BCUT2D eigenvalue weighted by molar-refractivity contribution is 5.15. The van der Waals surface area contributed by atoms with Gasteiger partial charge < -0.3 is 4.52 Å². The van der Waals surface area contributed by atoms with Crippen molar-refractivity contribution in [2.45, 2.75) is 25.3 Å². The number of aryl methyl sites for hydroxylation is 2. The molecule has 98 valence electrons. The molecule has 0 radical (unpaired) electrons. The fraction of sp³-hybridized carbons (Fsp3) is 0.333. The maximum atomic E-state index is 5.28. The molecule has 1 aromatic carbocycles. The molecule has 4 nitrogen and oxygen atoms in total. The highest BCUT2D eigenvalue weighted by atomic mass is 16.5. The van der Waals surface area contributed by atoms with Crippen LogP contribution in [0.4, 0.5) is 0 Å². The van der Waals surface area contributed by atoms with Crippen LogP contribution in [0, 0.1) is 0 Å². The third-order valence-corrected chi connectivity index (χ3v) is 3.24. The standard InChI is InChI=1S/C15H17N3O/c1-2-6-12(7-3-1)8-4-10-14-17-15(19-18-14)13-9-5-11-16-13/h1-3,5-7,9,13,16H,4,8,10-11H2. The van der Waals surface area contributed by atoms with E-state index in [0.717, 1.165) is 31.6 Å². The topological polar surface area (TPSA) is 51.0 Å². The molecule has 1 N–H and O–H groups in total. The minimum atomic E-state index is 0.0929. The van der Waals surface area contributed by atoms with E-state index in [-0.39, 0.29) is 6.04 Å². The van der Waals surface area contributed by atoms with Crippen molar-refractivity contribution < 1.29 is 4.52 Å². The van der Waals surface area contributed by atoms with Gasteiger partial charge in [-0.05, 0) is 18.4 Å². The van der Waals surface area contributed by atoms with Gasteiger partial charge in [0.05, 0.1) is 0 Å². The van der Waals surface area contributed by atoms with E-state index in [4.69, 9.17) is 4.52 Å². The van der Waals surface area contributed by atoms with Crippen LogP contribution < -0.4 is 5.32 Å². The number of hydrogen-bond donors (Lipinski definition) is 1. The van der Waals surface area contributed by atoms with Crippen molar-refractivity contribution in [1.82, 2.24) is 15.5 Å². The molecule has 0 aliphatic carbocycles. The van der Waals surface area contributed by atoms with E-state index in [1.165, 1.54) is 5.56 Å². The average Bonchev–Trinajstić information content (AvgIpc) is 3.10. The van der Waals surface area contributed by atoms with E-state index in [1.54, 1.807) is 0 Å². The lowest BCUT2D eigenvalue weighted by Gasteiger charge is -2.00. The second-order valence-electron chi connectivity index (χ2n) is 4.70. The molecule has 0 saturated carbocycles. The molecule has 2 aromatic rings. The molecule has 1 aliphatic rings. The Balaban J connectivity index is 1.52. The molecule has 0 amide bonds. The lowest BCUT2D eigenvalue weighted by molar-refractivity contribution is 0.354. The van der Waals surface area contributed by atoms with Gasteiger partial charge in [0.15, 0.2) is 5.82 Å².